The molecule has 0 aromatic carbocycles. The Morgan fingerprint density at radius 2 is 0.647 bits per heavy atom. The summed E-state index contributed by atoms with van der Waals surface area (Å²) < 4.78 is 270. The molecule has 0 amide bonds. The molecule has 0 N–H and O–H groups in total. The molecule has 0 heterocycles. The minimum Gasteiger partial charge on any atom is -0.425 e. The first kappa shape index (κ1) is 36.4. The van der Waals surface area contributed by atoms with E-state index in [1.807, 2.05) is 0 Å². The molecule has 0 aromatic rings. The molecule has 0 saturated heterocycles. The van der Waals surface area contributed by atoms with Crippen LogP contribution in [0.5, 0.6) is 0 Å². The van der Waals surface area contributed by atoms with Crippen molar-refractivity contribution in [1.29, 1.82) is 0 Å². The third kappa shape index (κ3) is 5.14. The molecule has 0 saturated carbocycles. The van der Waals surface area contributed by atoms with E-state index < -0.39 is 66.6 Å². The Kier molecular flexibility index (Phi) is 9.86. The smallest absolute Gasteiger partial charge is 0.425 e. The molecule has 0 aromatic heterocycles. The molecule has 5 nitrogen and oxygen atoms in total. The molecule has 0 unspecified atom stereocenters. The molecule has 0 rings (SSSR count). The van der Waals surface area contributed by atoms with Gasteiger partial charge in [-0.2, -0.15) is 79.0 Å². The normalized spacial score (nSPS) is 16.3. The molecule has 26 heteroatoms. The van der Waals surface area contributed by atoms with Gasteiger partial charge in [-0.25, -0.2) is 16.8 Å². The van der Waals surface area contributed by atoms with Crippen molar-refractivity contribution in [2.24, 2.45) is 0 Å². The van der Waals surface area contributed by atoms with E-state index in [2.05, 4.69) is 0 Å². The van der Waals surface area contributed by atoms with Crippen LogP contribution in [0.3, 0.4) is 0 Å². The maximum atomic E-state index is 13.3. The maximum absolute atomic E-state index is 13.3. The van der Waals surface area contributed by atoms with Crippen LogP contribution in [0, 0.1) is 0 Å². The average molecular weight is 619 g/mol. The van der Waals surface area contributed by atoms with E-state index in [4.69, 9.17) is 0 Å². The Labute approximate surface area is 216 Å². The van der Waals surface area contributed by atoms with Crippen molar-refractivity contribution in [2.75, 3.05) is 0 Å². The van der Waals surface area contributed by atoms with Crippen molar-refractivity contribution >= 4 is 20.0 Å². The molecule has 0 aliphatic rings. The van der Waals surface area contributed by atoms with Gasteiger partial charge in [0, 0.05) is 0 Å². The van der Waals surface area contributed by atoms with Crippen LogP contribution in [0.4, 0.5) is 79.0 Å². The summed E-state index contributed by atoms with van der Waals surface area (Å²) in [5.41, 5.74) is 0. The van der Waals surface area contributed by atoms with Gasteiger partial charge in [0.1, 0.15) is 0 Å². The molecular formula is C8F18KNO4S2. The van der Waals surface area contributed by atoms with Crippen LogP contribution in [-0.2, 0) is 20.0 Å². The van der Waals surface area contributed by atoms with Crippen LogP contribution >= 0.6 is 0 Å². The fourth-order valence-corrected chi connectivity index (χ4v) is 3.81. The van der Waals surface area contributed by atoms with Crippen molar-refractivity contribution in [2.45, 2.75) is 46.6 Å². The maximum Gasteiger partial charge on any atom is 1.00 e. The van der Waals surface area contributed by atoms with Gasteiger partial charge in [0.15, 0.2) is 20.0 Å². The fraction of sp³-hybridized carbons (Fsp3) is 1.00. The largest absolute Gasteiger partial charge is 1.00 e. The number of hydrogen-bond acceptors (Lipinski definition) is 4. The second kappa shape index (κ2) is 9.21. The molecule has 0 radical (unpaired) electrons. The minimum absolute atomic E-state index is 0. The van der Waals surface area contributed by atoms with E-state index >= 15 is 0 Å². The second-order valence-electron chi connectivity index (χ2n) is 5.35. The van der Waals surface area contributed by atoms with Gasteiger partial charge >= 0.3 is 97.9 Å². The zero-order valence-corrected chi connectivity index (χ0v) is 19.5. The van der Waals surface area contributed by atoms with Crippen molar-refractivity contribution in [3.8, 4) is 0 Å². The monoisotopic (exact) mass is 619 g/mol. The molecular weight excluding hydrogens is 619 g/mol. The summed E-state index contributed by atoms with van der Waals surface area (Å²) in [6, 6.07) is 0. The number of nitrogens with zero attached hydrogens (tertiary/aromatic N) is 1. The van der Waals surface area contributed by atoms with Crippen LogP contribution in [0.25, 0.3) is 4.13 Å². The zero-order chi connectivity index (χ0) is 27.7. The van der Waals surface area contributed by atoms with E-state index in [0.717, 1.165) is 0 Å². The van der Waals surface area contributed by atoms with Crippen LogP contribution in [-0.4, -0.2) is 63.4 Å². The number of rotatable bonds is 8. The molecule has 200 valence electrons. The third-order valence-electron chi connectivity index (χ3n) is 3.08. The molecule has 0 atom stereocenters. The van der Waals surface area contributed by atoms with E-state index in [0.29, 0.717) is 0 Å². The van der Waals surface area contributed by atoms with Crippen molar-refractivity contribution in [1.82, 2.24) is 0 Å². The number of hydrogen-bond donors (Lipinski definition) is 0. The third-order valence-corrected chi connectivity index (χ3v) is 6.43. The quantitative estimate of drug-likeness (QED) is 0.307. The number of halogens is 18. The fourth-order valence-electron chi connectivity index (χ4n) is 1.29. The number of alkyl halides is 18. The summed E-state index contributed by atoms with van der Waals surface area (Å²) in [6.07, 6.45) is -15.4. The zero-order valence-electron chi connectivity index (χ0n) is 14.7. The summed E-state index contributed by atoms with van der Waals surface area (Å²) in [4.78, 5) is 0. The van der Waals surface area contributed by atoms with E-state index in [9.17, 15) is 95.9 Å². The second-order valence-corrected chi connectivity index (χ2v) is 8.87. The topological polar surface area (TPSA) is 82.4 Å². The van der Waals surface area contributed by atoms with Gasteiger partial charge in [0.2, 0.25) is 0 Å². The van der Waals surface area contributed by atoms with Crippen molar-refractivity contribution < 1.29 is 147 Å². The van der Waals surface area contributed by atoms with Gasteiger partial charge < -0.3 is 4.13 Å². The SMILES string of the molecule is O=S(=O)([N-]S(=O)(=O)C(F)(F)C(F)(F)C(F)(F)C(F)(F)C(F)(F)C(F)(F)F)C(F)(F)C(F)(F)F.[K+]. The Hall–Kier alpha value is 0.236. The van der Waals surface area contributed by atoms with Crippen LogP contribution in [0.15, 0.2) is 0 Å². The number of sulfonamides is 2. The Balaban J connectivity index is 0. The standard InChI is InChI=1S/C8F18NO4S2.K/c9-1(10,3(13,14)5(17,18)19)2(11,12)4(15,16)7(23,24)32(28,29)27-33(30,31)8(25,26)6(20,21)22;/q-1;+1. The predicted octanol–water partition coefficient (Wildman–Crippen LogP) is 1.88. The summed E-state index contributed by atoms with van der Waals surface area (Å²) >= 11 is 0. The van der Waals surface area contributed by atoms with Crippen LogP contribution < -0.4 is 51.4 Å². The van der Waals surface area contributed by atoms with Gasteiger partial charge in [-0.05, 0) is 0 Å². The van der Waals surface area contributed by atoms with E-state index in [-0.39, 0.29) is 55.5 Å². The first-order valence-corrected chi connectivity index (χ1v) is 9.22. The molecule has 0 fully saturated rings. The van der Waals surface area contributed by atoms with E-state index in [1.165, 1.54) is 0 Å². The van der Waals surface area contributed by atoms with Crippen LogP contribution in [0.1, 0.15) is 0 Å². The Morgan fingerprint density at radius 3 is 0.912 bits per heavy atom. The minimum atomic E-state index is -8.82. The molecule has 0 aliphatic heterocycles. The van der Waals surface area contributed by atoms with Gasteiger partial charge in [0.25, 0.3) is 0 Å². The Morgan fingerprint density at radius 1 is 0.382 bits per heavy atom. The van der Waals surface area contributed by atoms with E-state index in [1.54, 1.807) is 0 Å². The van der Waals surface area contributed by atoms with Crippen molar-refractivity contribution in [3.05, 3.63) is 4.13 Å². The molecule has 0 aliphatic carbocycles. The van der Waals surface area contributed by atoms with Gasteiger partial charge in [-0.15, -0.1) is 0 Å². The molecule has 0 spiro atoms. The summed E-state index contributed by atoms with van der Waals surface area (Å²) in [6.45, 7) is 0. The van der Waals surface area contributed by atoms with Crippen LogP contribution in [0.2, 0.25) is 0 Å². The van der Waals surface area contributed by atoms with Crippen molar-refractivity contribution in [3.63, 3.8) is 0 Å². The molecule has 34 heavy (non-hydrogen) atoms. The van der Waals surface area contributed by atoms with Gasteiger partial charge in [-0.1, -0.05) is 0 Å². The summed E-state index contributed by atoms with van der Waals surface area (Å²) in [5.74, 6) is -34.6. The Bertz CT molecular complexity index is 965. The summed E-state index contributed by atoms with van der Waals surface area (Å²) in [7, 11) is -17.2. The average Bonchev–Trinajstić information content (AvgIpc) is 2.50. The van der Waals surface area contributed by atoms with Gasteiger partial charge in [-0.3, -0.25) is 0 Å². The summed E-state index contributed by atoms with van der Waals surface area (Å²) in [5, 5.41) is -15.9. The first-order valence-electron chi connectivity index (χ1n) is 6.34. The van der Waals surface area contributed by atoms with Gasteiger partial charge in [0.05, 0.1) is 0 Å². The molecule has 0 bridgehead atoms. The predicted molar refractivity (Wildman–Crippen MR) is 63.0 cm³/mol. The first-order chi connectivity index (χ1) is 13.7.